The van der Waals surface area contributed by atoms with E-state index in [9.17, 15) is 8.42 Å². The van der Waals surface area contributed by atoms with E-state index >= 15 is 0 Å². The highest BCUT2D eigenvalue weighted by Crippen LogP contribution is 2.28. The van der Waals surface area contributed by atoms with E-state index in [1.807, 2.05) is 12.1 Å². The number of piperidine rings is 1. The van der Waals surface area contributed by atoms with Crippen LogP contribution < -0.4 is 15.4 Å². The Hall–Kier alpha value is -2.13. The highest BCUT2D eigenvalue weighted by molar-refractivity contribution is 7.88. The van der Waals surface area contributed by atoms with Gasteiger partial charge in [0, 0.05) is 38.5 Å². The lowest BCUT2D eigenvalue weighted by Gasteiger charge is -2.33. The molecular weight excluding hydrogens is 474 g/mol. The van der Waals surface area contributed by atoms with Crippen molar-refractivity contribution < 1.29 is 17.9 Å². The summed E-state index contributed by atoms with van der Waals surface area (Å²) in [5.74, 6) is 1.65. The van der Waals surface area contributed by atoms with Crippen molar-refractivity contribution in [2.45, 2.75) is 51.7 Å². The summed E-state index contributed by atoms with van der Waals surface area (Å²) < 4.78 is 36.8. The molecule has 0 saturated carbocycles. The molecule has 0 aliphatic carbocycles. The van der Waals surface area contributed by atoms with Crippen molar-refractivity contribution in [3.05, 3.63) is 59.2 Å². The first-order valence-corrected chi connectivity index (χ1v) is 15.1. The molecule has 7 nitrogen and oxygen atoms in total. The number of nitrogens with two attached hydrogens (primary N) is 1. The van der Waals surface area contributed by atoms with Gasteiger partial charge in [0.05, 0.1) is 19.5 Å². The minimum absolute atomic E-state index is 0.459. The van der Waals surface area contributed by atoms with Crippen LogP contribution in [0.1, 0.15) is 48.8 Å². The maximum absolute atomic E-state index is 11.8. The number of ether oxygens (including phenoxy) is 2. The standard InChI is InChI=1S/C28H41N3O4S/c1-36(32,33)31-17-13-25-20-28(10-7-26(25)21-31)35-19-2-4-23-11-15-30(16-12-23)27-8-5-24(6-9-27)22-34-18-3-14-29/h5-10,20,23H,2-4,11-19,21-22,29H2,1H3. The van der Waals surface area contributed by atoms with Crippen LogP contribution in [0, 0.1) is 5.92 Å². The van der Waals surface area contributed by atoms with Gasteiger partial charge in [-0.05, 0) is 91.9 Å². The Morgan fingerprint density at radius 2 is 1.75 bits per heavy atom. The summed E-state index contributed by atoms with van der Waals surface area (Å²) in [6, 6.07) is 14.8. The fourth-order valence-electron chi connectivity index (χ4n) is 5.10. The van der Waals surface area contributed by atoms with E-state index in [0.717, 1.165) is 62.8 Å². The average Bonchev–Trinajstić information content (AvgIpc) is 2.89. The second kappa shape index (κ2) is 12.9. The molecule has 8 heteroatoms. The largest absolute Gasteiger partial charge is 0.494 e. The third-order valence-corrected chi connectivity index (χ3v) is 8.58. The second-order valence-corrected chi connectivity index (χ2v) is 12.0. The minimum Gasteiger partial charge on any atom is -0.494 e. The van der Waals surface area contributed by atoms with Crippen LogP contribution in [0.3, 0.4) is 0 Å². The fraction of sp³-hybridized carbons (Fsp3) is 0.571. The molecule has 2 N–H and O–H groups in total. The molecule has 0 atom stereocenters. The van der Waals surface area contributed by atoms with Gasteiger partial charge in [-0.2, -0.15) is 4.31 Å². The van der Waals surface area contributed by atoms with Gasteiger partial charge in [-0.3, -0.25) is 0 Å². The van der Waals surface area contributed by atoms with Gasteiger partial charge < -0.3 is 20.1 Å². The molecule has 2 aliphatic heterocycles. The summed E-state index contributed by atoms with van der Waals surface area (Å²) in [7, 11) is -3.14. The number of nitrogens with zero attached hydrogens (tertiary/aromatic N) is 2. The number of hydrogen-bond acceptors (Lipinski definition) is 6. The Morgan fingerprint density at radius 3 is 2.47 bits per heavy atom. The lowest BCUT2D eigenvalue weighted by Crippen LogP contribution is -2.35. The van der Waals surface area contributed by atoms with E-state index in [1.54, 1.807) is 0 Å². The van der Waals surface area contributed by atoms with Crippen molar-refractivity contribution >= 4 is 15.7 Å². The summed E-state index contributed by atoms with van der Waals surface area (Å²) in [5, 5.41) is 0. The lowest BCUT2D eigenvalue weighted by atomic mass is 9.92. The van der Waals surface area contributed by atoms with Crippen molar-refractivity contribution in [3.63, 3.8) is 0 Å². The minimum atomic E-state index is -3.14. The van der Waals surface area contributed by atoms with E-state index in [-0.39, 0.29) is 0 Å². The van der Waals surface area contributed by atoms with Crippen molar-refractivity contribution in [1.82, 2.24) is 4.31 Å². The van der Waals surface area contributed by atoms with Crippen LogP contribution in [0.25, 0.3) is 0 Å². The van der Waals surface area contributed by atoms with Crippen LogP contribution in [-0.2, 0) is 34.3 Å². The highest BCUT2D eigenvalue weighted by Gasteiger charge is 2.23. The molecule has 0 bridgehead atoms. The SMILES string of the molecule is CS(=O)(=O)N1CCc2cc(OCCCC3CCN(c4ccc(COCCCN)cc4)CC3)ccc2C1. The Morgan fingerprint density at radius 1 is 0.972 bits per heavy atom. The normalized spacial score (nSPS) is 17.2. The Balaban J connectivity index is 1.14. The molecule has 0 amide bonds. The molecule has 0 aromatic heterocycles. The van der Waals surface area contributed by atoms with E-state index < -0.39 is 10.0 Å². The maximum atomic E-state index is 11.8. The van der Waals surface area contributed by atoms with Gasteiger partial charge in [0.25, 0.3) is 0 Å². The van der Waals surface area contributed by atoms with Gasteiger partial charge >= 0.3 is 0 Å². The summed E-state index contributed by atoms with van der Waals surface area (Å²) in [6.45, 7) is 5.98. The predicted octanol–water partition coefficient (Wildman–Crippen LogP) is 3.95. The molecule has 2 aromatic rings. The van der Waals surface area contributed by atoms with E-state index in [1.165, 1.54) is 46.6 Å². The Labute approximate surface area is 216 Å². The Kier molecular flexibility index (Phi) is 9.65. The summed E-state index contributed by atoms with van der Waals surface area (Å²) in [6.07, 6.45) is 7.62. The third-order valence-electron chi connectivity index (χ3n) is 7.33. The number of sulfonamides is 1. The zero-order valence-corrected chi connectivity index (χ0v) is 22.3. The molecular formula is C28H41N3O4S. The number of rotatable bonds is 12. The van der Waals surface area contributed by atoms with E-state index in [4.69, 9.17) is 15.2 Å². The van der Waals surface area contributed by atoms with Gasteiger partial charge in [0.15, 0.2) is 0 Å². The molecule has 0 radical (unpaired) electrons. The number of fused-ring (bicyclic) bond motifs is 1. The maximum Gasteiger partial charge on any atom is 0.211 e. The number of anilines is 1. The van der Waals surface area contributed by atoms with Gasteiger partial charge in [-0.15, -0.1) is 0 Å². The zero-order chi connectivity index (χ0) is 25.4. The smallest absolute Gasteiger partial charge is 0.211 e. The first-order chi connectivity index (χ1) is 17.4. The lowest BCUT2D eigenvalue weighted by molar-refractivity contribution is 0.120. The first-order valence-electron chi connectivity index (χ1n) is 13.2. The number of benzene rings is 2. The summed E-state index contributed by atoms with van der Waals surface area (Å²) >= 11 is 0. The number of hydrogen-bond donors (Lipinski definition) is 1. The van der Waals surface area contributed by atoms with Gasteiger partial charge in [0.1, 0.15) is 5.75 Å². The fourth-order valence-corrected chi connectivity index (χ4v) is 5.89. The molecule has 2 aromatic carbocycles. The summed E-state index contributed by atoms with van der Waals surface area (Å²) in [5.41, 5.74) is 10.3. The van der Waals surface area contributed by atoms with Crippen LogP contribution in [0.15, 0.2) is 42.5 Å². The van der Waals surface area contributed by atoms with E-state index in [0.29, 0.717) is 26.2 Å². The molecule has 0 unspecified atom stereocenters. The van der Waals surface area contributed by atoms with Gasteiger partial charge in [0.2, 0.25) is 10.0 Å². The van der Waals surface area contributed by atoms with Crippen LogP contribution in [0.2, 0.25) is 0 Å². The molecule has 4 rings (SSSR count). The Bertz CT molecular complexity index is 1070. The molecule has 1 fully saturated rings. The molecule has 0 spiro atoms. The monoisotopic (exact) mass is 515 g/mol. The van der Waals surface area contributed by atoms with Crippen molar-refractivity contribution in [2.24, 2.45) is 11.7 Å². The quantitative estimate of drug-likeness (QED) is 0.431. The van der Waals surface area contributed by atoms with Crippen LogP contribution in [0.5, 0.6) is 5.75 Å². The van der Waals surface area contributed by atoms with Gasteiger partial charge in [-0.1, -0.05) is 18.2 Å². The first kappa shape index (κ1) is 26.9. The van der Waals surface area contributed by atoms with Crippen molar-refractivity contribution in [1.29, 1.82) is 0 Å². The predicted molar refractivity (Wildman–Crippen MR) is 145 cm³/mol. The van der Waals surface area contributed by atoms with Crippen LogP contribution >= 0.6 is 0 Å². The van der Waals surface area contributed by atoms with Crippen LogP contribution in [-0.4, -0.2) is 58.4 Å². The molecule has 1 saturated heterocycles. The highest BCUT2D eigenvalue weighted by atomic mass is 32.2. The average molecular weight is 516 g/mol. The topological polar surface area (TPSA) is 85.1 Å². The van der Waals surface area contributed by atoms with Crippen LogP contribution in [0.4, 0.5) is 5.69 Å². The molecule has 2 aliphatic rings. The molecule has 198 valence electrons. The van der Waals surface area contributed by atoms with Gasteiger partial charge in [-0.25, -0.2) is 8.42 Å². The molecule has 2 heterocycles. The second-order valence-electron chi connectivity index (χ2n) is 10.1. The molecule has 36 heavy (non-hydrogen) atoms. The third kappa shape index (κ3) is 7.68. The zero-order valence-electron chi connectivity index (χ0n) is 21.5. The van der Waals surface area contributed by atoms with Crippen molar-refractivity contribution in [2.75, 3.05) is 50.5 Å². The van der Waals surface area contributed by atoms with E-state index in [2.05, 4.69) is 35.2 Å². The van der Waals surface area contributed by atoms with Crippen molar-refractivity contribution in [3.8, 4) is 5.75 Å². The summed E-state index contributed by atoms with van der Waals surface area (Å²) in [4.78, 5) is 2.49.